The monoisotopic (exact) mass is 507 g/mol. The molecule has 2 N–H and O–H groups in total. The number of sulfone groups is 1. The highest BCUT2D eigenvalue weighted by atomic mass is 79.9. The number of primary amides is 1. The summed E-state index contributed by atoms with van der Waals surface area (Å²) in [5, 5.41) is -0.241. The third-order valence-electron chi connectivity index (χ3n) is 5.23. The van der Waals surface area contributed by atoms with Gasteiger partial charge in [0.25, 0.3) is 0 Å². The molecule has 31 heavy (non-hydrogen) atoms. The Bertz CT molecular complexity index is 1200. The zero-order valence-electron chi connectivity index (χ0n) is 16.3. The Hall–Kier alpha value is -2.72. The first-order valence-corrected chi connectivity index (χ1v) is 11.8. The van der Waals surface area contributed by atoms with Crippen LogP contribution in [0.1, 0.15) is 12.8 Å². The van der Waals surface area contributed by atoms with E-state index in [2.05, 4.69) is 20.9 Å². The summed E-state index contributed by atoms with van der Waals surface area (Å²) in [5.74, 6) is -0.914. The molecule has 0 bridgehead atoms. The van der Waals surface area contributed by atoms with Crippen LogP contribution in [0.2, 0.25) is 0 Å². The number of halogens is 2. The number of aromatic nitrogens is 1. The Morgan fingerprint density at radius 2 is 1.71 bits per heavy atom. The third kappa shape index (κ3) is 4.35. The molecule has 1 amide bonds. The standard InChI is InChI=1S/C21H19BrFN3O4S/c22-15-3-1-14(2-4-15)19-25-20(31(28,29)17-7-5-16(23)6-8-17)21(30-19)26-11-9-13(10-12-26)18(24)27/h1-8,13H,9-12H2,(H2,24,27). The molecule has 0 saturated carbocycles. The molecule has 0 aliphatic carbocycles. The lowest BCUT2D eigenvalue weighted by Gasteiger charge is -2.30. The molecule has 4 rings (SSSR count). The molecule has 1 aromatic heterocycles. The number of nitrogens with zero attached hydrogens (tertiary/aromatic N) is 2. The highest BCUT2D eigenvalue weighted by molar-refractivity contribution is 9.10. The molecule has 0 unspecified atom stereocenters. The van der Waals surface area contributed by atoms with Crippen LogP contribution in [0.15, 0.2) is 67.3 Å². The summed E-state index contributed by atoms with van der Waals surface area (Å²) in [5.41, 5.74) is 6.02. The number of benzene rings is 2. The maximum atomic E-state index is 13.3. The molecule has 1 saturated heterocycles. The summed E-state index contributed by atoms with van der Waals surface area (Å²) in [6.45, 7) is 0.795. The van der Waals surface area contributed by atoms with Gasteiger partial charge in [-0.15, -0.1) is 0 Å². The number of hydrogen-bond acceptors (Lipinski definition) is 6. The molecular formula is C21H19BrFN3O4S. The smallest absolute Gasteiger partial charge is 0.236 e. The minimum Gasteiger partial charge on any atom is -0.419 e. The second kappa shape index (κ2) is 8.43. The van der Waals surface area contributed by atoms with E-state index in [0.29, 0.717) is 31.5 Å². The van der Waals surface area contributed by atoms with Crippen molar-refractivity contribution in [3.63, 3.8) is 0 Å². The van der Waals surface area contributed by atoms with Gasteiger partial charge in [-0.1, -0.05) is 15.9 Å². The summed E-state index contributed by atoms with van der Waals surface area (Å²) in [7, 11) is -4.07. The van der Waals surface area contributed by atoms with Gasteiger partial charge in [-0.05, 0) is 61.4 Å². The summed E-state index contributed by atoms with van der Waals surface area (Å²) in [6.07, 6.45) is 0.972. The highest BCUT2D eigenvalue weighted by Crippen LogP contribution is 2.36. The van der Waals surface area contributed by atoms with Crippen LogP contribution in [0.3, 0.4) is 0 Å². The van der Waals surface area contributed by atoms with Gasteiger partial charge in [0.1, 0.15) is 5.82 Å². The van der Waals surface area contributed by atoms with Gasteiger partial charge in [0, 0.05) is 29.0 Å². The largest absolute Gasteiger partial charge is 0.419 e. The molecule has 2 heterocycles. The molecule has 1 aliphatic heterocycles. The van der Waals surface area contributed by atoms with Crippen molar-refractivity contribution in [1.29, 1.82) is 0 Å². The number of nitrogens with two attached hydrogens (primary N) is 1. The topological polar surface area (TPSA) is 106 Å². The SMILES string of the molecule is NC(=O)C1CCN(c2oc(-c3ccc(Br)cc3)nc2S(=O)(=O)c2ccc(F)cc2)CC1. The van der Waals surface area contributed by atoms with E-state index < -0.39 is 15.7 Å². The average molecular weight is 508 g/mol. The molecule has 7 nitrogen and oxygen atoms in total. The molecule has 0 spiro atoms. The van der Waals surface area contributed by atoms with Gasteiger partial charge in [-0.25, -0.2) is 12.8 Å². The van der Waals surface area contributed by atoms with Crippen LogP contribution in [-0.2, 0) is 14.6 Å². The van der Waals surface area contributed by atoms with Crippen LogP contribution in [-0.4, -0.2) is 32.4 Å². The summed E-state index contributed by atoms with van der Waals surface area (Å²) >= 11 is 3.36. The first-order valence-electron chi connectivity index (χ1n) is 9.57. The number of oxazole rings is 1. The van der Waals surface area contributed by atoms with Crippen molar-refractivity contribution >= 4 is 37.6 Å². The van der Waals surface area contributed by atoms with Crippen molar-refractivity contribution in [3.8, 4) is 11.5 Å². The van der Waals surface area contributed by atoms with E-state index in [1.807, 2.05) is 0 Å². The Morgan fingerprint density at radius 3 is 2.29 bits per heavy atom. The highest BCUT2D eigenvalue weighted by Gasteiger charge is 2.34. The molecule has 10 heteroatoms. The van der Waals surface area contributed by atoms with Crippen LogP contribution < -0.4 is 10.6 Å². The van der Waals surface area contributed by atoms with E-state index in [1.165, 1.54) is 12.1 Å². The van der Waals surface area contributed by atoms with Crippen molar-refractivity contribution in [3.05, 3.63) is 58.8 Å². The van der Waals surface area contributed by atoms with Gasteiger partial charge in [-0.3, -0.25) is 4.79 Å². The van der Waals surface area contributed by atoms with Gasteiger partial charge in [0.15, 0.2) is 0 Å². The first-order chi connectivity index (χ1) is 14.8. The number of piperidine rings is 1. The maximum Gasteiger partial charge on any atom is 0.236 e. The van der Waals surface area contributed by atoms with E-state index in [0.717, 1.165) is 16.6 Å². The van der Waals surface area contributed by atoms with Crippen molar-refractivity contribution in [2.24, 2.45) is 11.7 Å². The zero-order chi connectivity index (χ0) is 22.2. The molecule has 0 atom stereocenters. The minimum atomic E-state index is -4.07. The molecule has 1 aliphatic rings. The fourth-order valence-corrected chi connectivity index (χ4v) is 5.07. The van der Waals surface area contributed by atoms with Crippen LogP contribution >= 0.6 is 15.9 Å². The second-order valence-corrected chi connectivity index (χ2v) is 10.0. The maximum absolute atomic E-state index is 13.3. The molecule has 3 aromatic rings. The molecule has 0 radical (unpaired) electrons. The average Bonchev–Trinajstić information content (AvgIpc) is 3.21. The number of anilines is 1. The van der Waals surface area contributed by atoms with E-state index in [4.69, 9.17) is 10.2 Å². The van der Waals surface area contributed by atoms with Gasteiger partial charge >= 0.3 is 0 Å². The molecule has 1 fully saturated rings. The van der Waals surface area contributed by atoms with Crippen molar-refractivity contribution in [2.45, 2.75) is 22.8 Å². The Morgan fingerprint density at radius 1 is 1.10 bits per heavy atom. The van der Waals surface area contributed by atoms with E-state index in [-0.39, 0.29) is 33.5 Å². The number of rotatable bonds is 5. The van der Waals surface area contributed by atoms with E-state index >= 15 is 0 Å². The van der Waals surface area contributed by atoms with Crippen LogP contribution in [0.4, 0.5) is 10.3 Å². The van der Waals surface area contributed by atoms with Gasteiger partial charge in [-0.2, -0.15) is 4.98 Å². The van der Waals surface area contributed by atoms with Crippen molar-refractivity contribution in [2.75, 3.05) is 18.0 Å². The predicted molar refractivity (Wildman–Crippen MR) is 116 cm³/mol. The van der Waals surface area contributed by atoms with Crippen LogP contribution in [0.5, 0.6) is 0 Å². The third-order valence-corrected chi connectivity index (χ3v) is 7.43. The summed E-state index contributed by atoms with van der Waals surface area (Å²) in [6, 6.07) is 11.7. The predicted octanol–water partition coefficient (Wildman–Crippen LogP) is 3.78. The van der Waals surface area contributed by atoms with E-state index in [9.17, 15) is 17.6 Å². The lowest BCUT2D eigenvalue weighted by molar-refractivity contribution is -0.122. The van der Waals surface area contributed by atoms with Crippen LogP contribution in [0.25, 0.3) is 11.5 Å². The zero-order valence-corrected chi connectivity index (χ0v) is 18.7. The Labute approximate surface area is 187 Å². The lowest BCUT2D eigenvalue weighted by Crippen LogP contribution is -2.38. The fourth-order valence-electron chi connectivity index (χ4n) is 3.48. The second-order valence-electron chi connectivity index (χ2n) is 7.26. The van der Waals surface area contributed by atoms with Gasteiger partial charge in [0.05, 0.1) is 4.90 Å². The van der Waals surface area contributed by atoms with Gasteiger partial charge in [0.2, 0.25) is 32.5 Å². The number of amides is 1. The lowest BCUT2D eigenvalue weighted by atomic mass is 9.96. The number of carbonyl (C=O) groups is 1. The van der Waals surface area contributed by atoms with Crippen LogP contribution in [0, 0.1) is 11.7 Å². The number of hydrogen-bond donors (Lipinski definition) is 1. The minimum absolute atomic E-state index is 0.0853. The van der Waals surface area contributed by atoms with Crippen molar-refractivity contribution < 1.29 is 22.0 Å². The fraction of sp³-hybridized carbons (Fsp3) is 0.238. The normalized spacial score (nSPS) is 15.2. The molecule has 2 aromatic carbocycles. The summed E-state index contributed by atoms with van der Waals surface area (Å²) < 4.78 is 46.8. The quantitative estimate of drug-likeness (QED) is 0.526. The Balaban J connectivity index is 1.78. The molecular weight excluding hydrogens is 489 g/mol. The molecule has 162 valence electrons. The number of carbonyl (C=O) groups excluding carboxylic acids is 1. The van der Waals surface area contributed by atoms with Gasteiger partial charge < -0.3 is 15.1 Å². The summed E-state index contributed by atoms with van der Waals surface area (Å²) in [4.78, 5) is 17.5. The van der Waals surface area contributed by atoms with Crippen molar-refractivity contribution in [1.82, 2.24) is 4.98 Å². The first kappa shape index (κ1) is 21.5. The van der Waals surface area contributed by atoms with E-state index in [1.54, 1.807) is 29.2 Å². The Kier molecular flexibility index (Phi) is 5.85.